The first-order valence-corrected chi connectivity index (χ1v) is 5.91. The first-order valence-electron chi connectivity index (χ1n) is 5.50. The highest BCUT2D eigenvalue weighted by Crippen LogP contribution is 2.25. The predicted molar refractivity (Wildman–Crippen MR) is 74.1 cm³/mol. The first kappa shape index (κ1) is 14.2. The average Bonchev–Trinajstić information content (AvgIpc) is 2.36. The third-order valence-corrected chi connectivity index (χ3v) is 2.40. The maximum absolute atomic E-state index is 11.4. The molecule has 18 heavy (non-hydrogen) atoms. The number of hydrogen-bond acceptors (Lipinski definition) is 4. The second-order valence-electron chi connectivity index (χ2n) is 3.54. The van der Waals surface area contributed by atoms with Crippen LogP contribution in [0.5, 0.6) is 5.75 Å². The molecule has 5 nitrogen and oxygen atoms in total. The van der Waals surface area contributed by atoms with E-state index < -0.39 is 6.09 Å². The monoisotopic (exact) mass is 268 g/mol. The molecule has 0 aromatic heterocycles. The van der Waals surface area contributed by atoms with Crippen molar-refractivity contribution in [1.29, 1.82) is 0 Å². The summed E-state index contributed by atoms with van der Waals surface area (Å²) in [5, 5.41) is 2.59. The summed E-state index contributed by atoms with van der Waals surface area (Å²) in [6.45, 7) is 2.30. The molecule has 0 spiro atoms. The first-order chi connectivity index (χ1) is 8.58. The Morgan fingerprint density at radius 3 is 2.78 bits per heavy atom. The lowest BCUT2D eigenvalue weighted by molar-refractivity contribution is 0.161. The molecular weight excluding hydrogens is 252 g/mol. The van der Waals surface area contributed by atoms with Gasteiger partial charge in [0.05, 0.1) is 19.4 Å². The molecule has 3 N–H and O–H groups in total. The van der Waals surface area contributed by atoms with Gasteiger partial charge in [0.25, 0.3) is 0 Å². The Morgan fingerprint density at radius 1 is 1.50 bits per heavy atom. The van der Waals surface area contributed by atoms with E-state index in [9.17, 15) is 4.79 Å². The van der Waals surface area contributed by atoms with Crippen LogP contribution in [-0.2, 0) is 4.74 Å². The number of nitrogens with one attached hydrogen (secondary N) is 1. The van der Waals surface area contributed by atoms with E-state index in [4.69, 9.17) is 27.4 Å². The molecule has 1 aromatic carbocycles. The fraction of sp³-hybridized carbons (Fsp3) is 0.333. The Bertz CT molecular complexity index is 449. The van der Waals surface area contributed by atoms with Gasteiger partial charge in [-0.3, -0.25) is 5.32 Å². The SMILES string of the molecule is CCCOC(=O)Nc1ccc(C(N)=S)cc1OC. The number of amides is 1. The second kappa shape index (κ2) is 6.80. The molecule has 0 unspecified atom stereocenters. The van der Waals surface area contributed by atoms with Crippen LogP contribution in [0.25, 0.3) is 0 Å². The number of rotatable bonds is 5. The lowest BCUT2D eigenvalue weighted by atomic mass is 10.2. The fourth-order valence-corrected chi connectivity index (χ4v) is 1.42. The normalized spacial score (nSPS) is 9.67. The van der Waals surface area contributed by atoms with E-state index in [1.807, 2.05) is 6.92 Å². The van der Waals surface area contributed by atoms with Crippen LogP contribution in [0, 0.1) is 0 Å². The van der Waals surface area contributed by atoms with Gasteiger partial charge in [-0.2, -0.15) is 0 Å². The lowest BCUT2D eigenvalue weighted by Crippen LogP contribution is -2.15. The molecule has 6 heteroatoms. The highest BCUT2D eigenvalue weighted by atomic mass is 32.1. The van der Waals surface area contributed by atoms with Crippen LogP contribution in [0.4, 0.5) is 10.5 Å². The number of carbonyl (C=O) groups excluding carboxylic acids is 1. The van der Waals surface area contributed by atoms with Gasteiger partial charge in [0, 0.05) is 5.56 Å². The van der Waals surface area contributed by atoms with E-state index in [-0.39, 0.29) is 4.99 Å². The van der Waals surface area contributed by atoms with E-state index in [0.717, 1.165) is 6.42 Å². The Morgan fingerprint density at radius 2 is 2.22 bits per heavy atom. The van der Waals surface area contributed by atoms with Crippen molar-refractivity contribution in [3.63, 3.8) is 0 Å². The zero-order valence-corrected chi connectivity index (χ0v) is 11.2. The maximum Gasteiger partial charge on any atom is 0.411 e. The Balaban J connectivity index is 2.82. The predicted octanol–water partition coefficient (Wildman–Crippen LogP) is 2.29. The van der Waals surface area contributed by atoms with Gasteiger partial charge in [-0.05, 0) is 24.6 Å². The average molecular weight is 268 g/mol. The summed E-state index contributed by atoms with van der Waals surface area (Å²) < 4.78 is 10.1. The molecule has 98 valence electrons. The van der Waals surface area contributed by atoms with Gasteiger partial charge >= 0.3 is 6.09 Å². The van der Waals surface area contributed by atoms with Crippen molar-refractivity contribution >= 4 is 29.0 Å². The van der Waals surface area contributed by atoms with E-state index in [1.54, 1.807) is 18.2 Å². The minimum atomic E-state index is -0.516. The van der Waals surface area contributed by atoms with Gasteiger partial charge in [-0.1, -0.05) is 19.1 Å². The minimum absolute atomic E-state index is 0.272. The lowest BCUT2D eigenvalue weighted by Gasteiger charge is -2.11. The summed E-state index contributed by atoms with van der Waals surface area (Å²) in [6, 6.07) is 5.04. The number of ether oxygens (including phenoxy) is 2. The molecule has 0 bridgehead atoms. The third kappa shape index (κ3) is 3.89. The Hall–Kier alpha value is -1.82. The molecule has 0 aliphatic carbocycles. The van der Waals surface area contributed by atoms with Crippen LogP contribution in [0.3, 0.4) is 0 Å². The van der Waals surface area contributed by atoms with E-state index >= 15 is 0 Å². The minimum Gasteiger partial charge on any atom is -0.495 e. The summed E-state index contributed by atoms with van der Waals surface area (Å²) in [5.41, 5.74) is 6.71. The highest BCUT2D eigenvalue weighted by molar-refractivity contribution is 7.80. The molecule has 1 amide bonds. The Kier molecular flexibility index (Phi) is 5.38. The van der Waals surface area contributed by atoms with Crippen LogP contribution < -0.4 is 15.8 Å². The van der Waals surface area contributed by atoms with E-state index in [2.05, 4.69) is 5.32 Å². The van der Waals surface area contributed by atoms with Crippen molar-refractivity contribution in [2.45, 2.75) is 13.3 Å². The topological polar surface area (TPSA) is 73.6 Å². The molecule has 0 radical (unpaired) electrons. The quantitative estimate of drug-likeness (QED) is 0.801. The zero-order valence-electron chi connectivity index (χ0n) is 10.4. The fourth-order valence-electron chi connectivity index (χ4n) is 1.29. The molecular formula is C12H16N2O3S. The maximum atomic E-state index is 11.4. The zero-order chi connectivity index (χ0) is 13.5. The smallest absolute Gasteiger partial charge is 0.411 e. The van der Waals surface area contributed by atoms with Crippen LogP contribution in [0.2, 0.25) is 0 Å². The van der Waals surface area contributed by atoms with E-state index in [0.29, 0.717) is 23.6 Å². The number of anilines is 1. The number of carbonyl (C=O) groups is 1. The van der Waals surface area contributed by atoms with Crippen molar-refractivity contribution < 1.29 is 14.3 Å². The van der Waals surface area contributed by atoms with Crippen LogP contribution in [0.1, 0.15) is 18.9 Å². The Labute approximate surface area is 111 Å². The van der Waals surface area contributed by atoms with Gasteiger partial charge in [0.2, 0.25) is 0 Å². The van der Waals surface area contributed by atoms with Crippen molar-refractivity contribution in [2.24, 2.45) is 5.73 Å². The van der Waals surface area contributed by atoms with Crippen LogP contribution in [0.15, 0.2) is 18.2 Å². The van der Waals surface area contributed by atoms with Gasteiger partial charge in [-0.15, -0.1) is 0 Å². The van der Waals surface area contributed by atoms with Crippen molar-refractivity contribution in [2.75, 3.05) is 19.0 Å². The molecule has 0 atom stereocenters. The van der Waals surface area contributed by atoms with E-state index in [1.165, 1.54) is 7.11 Å². The number of thiocarbonyl (C=S) groups is 1. The largest absolute Gasteiger partial charge is 0.495 e. The standard InChI is InChI=1S/C12H16N2O3S/c1-3-6-17-12(15)14-9-5-4-8(11(13)18)7-10(9)16-2/h4-5,7H,3,6H2,1-2H3,(H2,13,18)(H,14,15). The number of hydrogen-bond donors (Lipinski definition) is 2. The van der Waals surface area contributed by atoms with Crippen molar-refractivity contribution in [3.05, 3.63) is 23.8 Å². The summed E-state index contributed by atoms with van der Waals surface area (Å²) in [5.74, 6) is 0.480. The van der Waals surface area contributed by atoms with Gasteiger partial charge < -0.3 is 15.2 Å². The number of methoxy groups -OCH3 is 1. The second-order valence-corrected chi connectivity index (χ2v) is 3.98. The van der Waals surface area contributed by atoms with Gasteiger partial charge in [0.15, 0.2) is 0 Å². The summed E-state index contributed by atoms with van der Waals surface area (Å²) >= 11 is 4.87. The number of nitrogens with two attached hydrogens (primary N) is 1. The number of benzene rings is 1. The van der Waals surface area contributed by atoms with Gasteiger partial charge in [-0.25, -0.2) is 4.79 Å². The molecule has 0 fully saturated rings. The molecule has 1 rings (SSSR count). The summed E-state index contributed by atoms with van der Waals surface area (Å²) in [4.78, 5) is 11.7. The summed E-state index contributed by atoms with van der Waals surface area (Å²) in [7, 11) is 1.50. The van der Waals surface area contributed by atoms with Crippen LogP contribution in [-0.4, -0.2) is 24.8 Å². The molecule has 0 saturated carbocycles. The van der Waals surface area contributed by atoms with Gasteiger partial charge in [0.1, 0.15) is 10.7 Å². The molecule has 0 aliphatic rings. The highest BCUT2D eigenvalue weighted by Gasteiger charge is 2.09. The van der Waals surface area contributed by atoms with Crippen molar-refractivity contribution in [3.8, 4) is 5.75 Å². The summed E-state index contributed by atoms with van der Waals surface area (Å²) in [6.07, 6.45) is 0.253. The molecule has 1 aromatic rings. The third-order valence-electron chi connectivity index (χ3n) is 2.16. The molecule has 0 heterocycles. The van der Waals surface area contributed by atoms with Crippen molar-refractivity contribution in [1.82, 2.24) is 0 Å². The molecule has 0 aliphatic heterocycles. The van der Waals surface area contributed by atoms with Crippen LogP contribution >= 0.6 is 12.2 Å². The molecule has 0 saturated heterocycles.